The van der Waals surface area contributed by atoms with Crippen LogP contribution in [-0.2, 0) is 16.1 Å². The lowest BCUT2D eigenvalue weighted by atomic mass is 10.3. The number of aromatic nitrogens is 2. The Bertz CT molecular complexity index is 1070. The lowest BCUT2D eigenvalue weighted by molar-refractivity contribution is -0.134. The van der Waals surface area contributed by atoms with Crippen molar-refractivity contribution in [3.8, 4) is 5.75 Å². The molecule has 0 atom stereocenters. The van der Waals surface area contributed by atoms with Gasteiger partial charge in [-0.25, -0.2) is 14.6 Å². The Morgan fingerprint density at radius 3 is 2.18 bits per heavy atom. The van der Waals surface area contributed by atoms with Crippen molar-refractivity contribution >= 4 is 28.9 Å². The van der Waals surface area contributed by atoms with Crippen molar-refractivity contribution in [2.45, 2.75) is 6.54 Å². The summed E-state index contributed by atoms with van der Waals surface area (Å²) in [5.74, 6) is -0.543. The summed E-state index contributed by atoms with van der Waals surface area (Å²) in [4.78, 5) is 28.8. The Morgan fingerprint density at radius 1 is 0.939 bits per heavy atom. The van der Waals surface area contributed by atoms with Gasteiger partial charge in [-0.05, 0) is 31.3 Å². The number of imidazole rings is 1. The summed E-state index contributed by atoms with van der Waals surface area (Å²) in [7, 11) is 2.17. The van der Waals surface area contributed by atoms with Gasteiger partial charge in [0.15, 0.2) is 0 Å². The molecule has 1 saturated heterocycles. The molecule has 0 radical (unpaired) electrons. The molecule has 1 aliphatic rings. The molecule has 0 aliphatic carbocycles. The van der Waals surface area contributed by atoms with Gasteiger partial charge >= 0.3 is 11.9 Å². The second-order valence-electron chi connectivity index (χ2n) is 7.51. The second-order valence-corrected chi connectivity index (χ2v) is 7.51. The summed E-state index contributed by atoms with van der Waals surface area (Å²) in [5.41, 5.74) is 2.23. The normalized spacial score (nSPS) is 14.2. The summed E-state index contributed by atoms with van der Waals surface area (Å²) in [6.45, 7) is 5.59. The standard InChI is InChI=1S/C20H24N4O.C4H4O4/c1-22-11-13-23(14-12-22)20-21-18-9-5-6-10-19(18)24(20)15-16-25-17-7-3-2-4-8-17;5-3(6)1-2-4(7)8/h2-10H,11-16H2,1H3;1-2H,(H,5,6)(H,7,8)/b;2-1+. The first-order valence-corrected chi connectivity index (χ1v) is 10.6. The molecule has 1 aromatic heterocycles. The first-order valence-electron chi connectivity index (χ1n) is 10.6. The first-order chi connectivity index (χ1) is 15.9. The number of anilines is 1. The Balaban J connectivity index is 0.000000331. The van der Waals surface area contributed by atoms with Crippen LogP contribution in [0.5, 0.6) is 5.75 Å². The van der Waals surface area contributed by atoms with Crippen molar-refractivity contribution in [3.05, 3.63) is 66.7 Å². The van der Waals surface area contributed by atoms with Crippen molar-refractivity contribution in [1.29, 1.82) is 0 Å². The topological polar surface area (TPSA) is 108 Å². The van der Waals surface area contributed by atoms with Gasteiger partial charge in [-0.1, -0.05) is 30.3 Å². The molecule has 4 rings (SSSR count). The average Bonchev–Trinajstić information content (AvgIpc) is 3.18. The summed E-state index contributed by atoms with van der Waals surface area (Å²) >= 11 is 0. The number of carboxylic acids is 2. The molecule has 0 saturated carbocycles. The number of piperazine rings is 1. The molecule has 0 bridgehead atoms. The molecule has 2 N–H and O–H groups in total. The van der Waals surface area contributed by atoms with Crippen LogP contribution in [0.25, 0.3) is 11.0 Å². The number of likely N-dealkylation sites (N-methyl/N-ethyl adjacent to an activating group) is 1. The molecule has 0 unspecified atom stereocenters. The fraction of sp³-hybridized carbons (Fsp3) is 0.292. The van der Waals surface area contributed by atoms with Gasteiger partial charge in [0.25, 0.3) is 0 Å². The van der Waals surface area contributed by atoms with Gasteiger partial charge in [0.05, 0.1) is 17.6 Å². The maximum atomic E-state index is 9.55. The zero-order chi connectivity index (χ0) is 23.6. The quantitative estimate of drug-likeness (QED) is 0.527. The fourth-order valence-electron chi connectivity index (χ4n) is 3.45. The highest BCUT2D eigenvalue weighted by Crippen LogP contribution is 2.23. The highest BCUT2D eigenvalue weighted by atomic mass is 16.5. The highest BCUT2D eigenvalue weighted by molar-refractivity contribution is 5.89. The summed E-state index contributed by atoms with van der Waals surface area (Å²) < 4.78 is 8.21. The zero-order valence-electron chi connectivity index (χ0n) is 18.5. The van der Waals surface area contributed by atoms with Gasteiger partial charge in [-0.2, -0.15) is 0 Å². The number of para-hydroxylation sites is 3. The molecule has 9 nitrogen and oxygen atoms in total. The van der Waals surface area contributed by atoms with Gasteiger partial charge in [0, 0.05) is 38.3 Å². The molecule has 0 spiro atoms. The number of carbonyl (C=O) groups is 2. The predicted molar refractivity (Wildman–Crippen MR) is 126 cm³/mol. The van der Waals surface area contributed by atoms with Gasteiger partial charge in [-0.3, -0.25) is 0 Å². The Morgan fingerprint density at radius 2 is 1.55 bits per heavy atom. The lowest BCUT2D eigenvalue weighted by Crippen LogP contribution is -2.45. The van der Waals surface area contributed by atoms with E-state index in [1.54, 1.807) is 0 Å². The van der Waals surface area contributed by atoms with Crippen LogP contribution in [-0.4, -0.2) is 76.4 Å². The summed E-state index contributed by atoms with van der Waals surface area (Å²) in [6, 6.07) is 18.3. The zero-order valence-corrected chi connectivity index (χ0v) is 18.5. The van der Waals surface area contributed by atoms with Crippen molar-refractivity contribution in [2.24, 2.45) is 0 Å². The van der Waals surface area contributed by atoms with E-state index < -0.39 is 11.9 Å². The average molecular weight is 453 g/mol. The Kier molecular flexibility index (Phi) is 8.43. The molecule has 33 heavy (non-hydrogen) atoms. The van der Waals surface area contributed by atoms with E-state index in [4.69, 9.17) is 19.9 Å². The molecule has 9 heteroatoms. The van der Waals surface area contributed by atoms with E-state index in [0.29, 0.717) is 18.8 Å². The molecular formula is C24H28N4O5. The molecule has 0 amide bonds. The van der Waals surface area contributed by atoms with Crippen LogP contribution in [0.2, 0.25) is 0 Å². The first kappa shape index (κ1) is 23.8. The molecule has 1 fully saturated rings. The van der Waals surface area contributed by atoms with Crippen LogP contribution < -0.4 is 9.64 Å². The van der Waals surface area contributed by atoms with E-state index in [9.17, 15) is 9.59 Å². The van der Waals surface area contributed by atoms with Crippen molar-refractivity contribution < 1.29 is 24.5 Å². The van der Waals surface area contributed by atoms with E-state index in [1.807, 2.05) is 36.4 Å². The smallest absolute Gasteiger partial charge is 0.328 e. The van der Waals surface area contributed by atoms with E-state index in [0.717, 1.165) is 49.9 Å². The number of carboxylic acid groups (broad SMARTS) is 2. The molecule has 3 aromatic rings. The van der Waals surface area contributed by atoms with E-state index >= 15 is 0 Å². The van der Waals surface area contributed by atoms with E-state index in [2.05, 4.69) is 39.6 Å². The van der Waals surface area contributed by atoms with Crippen LogP contribution >= 0.6 is 0 Å². The summed E-state index contributed by atoms with van der Waals surface area (Å²) in [6.07, 6.45) is 1.12. The van der Waals surface area contributed by atoms with Gasteiger partial charge in [0.2, 0.25) is 5.95 Å². The highest BCUT2D eigenvalue weighted by Gasteiger charge is 2.20. The summed E-state index contributed by atoms with van der Waals surface area (Å²) in [5, 5.41) is 15.6. The molecular weight excluding hydrogens is 424 g/mol. The minimum absolute atomic E-state index is 0.558. The Labute approximate surface area is 192 Å². The molecule has 174 valence electrons. The number of nitrogens with zero attached hydrogens (tertiary/aromatic N) is 4. The number of aliphatic carboxylic acids is 2. The van der Waals surface area contributed by atoms with Gasteiger partial charge in [0.1, 0.15) is 12.4 Å². The largest absolute Gasteiger partial charge is 0.492 e. The van der Waals surface area contributed by atoms with Crippen molar-refractivity contribution in [1.82, 2.24) is 14.5 Å². The maximum absolute atomic E-state index is 9.55. The van der Waals surface area contributed by atoms with Crippen molar-refractivity contribution in [3.63, 3.8) is 0 Å². The Hall–Kier alpha value is -3.85. The number of hydrogen-bond donors (Lipinski definition) is 2. The number of ether oxygens (including phenoxy) is 1. The van der Waals surface area contributed by atoms with Crippen LogP contribution in [0.15, 0.2) is 66.7 Å². The number of hydrogen-bond acceptors (Lipinski definition) is 6. The van der Waals surface area contributed by atoms with E-state index in [1.165, 1.54) is 5.52 Å². The predicted octanol–water partition coefficient (Wildman–Crippen LogP) is 2.58. The third-order valence-electron chi connectivity index (χ3n) is 5.12. The third kappa shape index (κ3) is 7.08. The number of benzene rings is 2. The van der Waals surface area contributed by atoms with Gasteiger partial charge < -0.3 is 29.3 Å². The van der Waals surface area contributed by atoms with Gasteiger partial charge in [-0.15, -0.1) is 0 Å². The van der Waals surface area contributed by atoms with Crippen LogP contribution in [0.4, 0.5) is 5.95 Å². The van der Waals surface area contributed by atoms with E-state index in [-0.39, 0.29) is 0 Å². The fourth-order valence-corrected chi connectivity index (χ4v) is 3.45. The van der Waals surface area contributed by atoms with Crippen molar-refractivity contribution in [2.75, 3.05) is 44.7 Å². The van der Waals surface area contributed by atoms with Crippen LogP contribution in [0.3, 0.4) is 0 Å². The minimum Gasteiger partial charge on any atom is -0.492 e. The maximum Gasteiger partial charge on any atom is 0.328 e. The van der Waals surface area contributed by atoms with Crippen LogP contribution in [0, 0.1) is 0 Å². The number of fused-ring (bicyclic) bond motifs is 1. The minimum atomic E-state index is -1.26. The number of rotatable bonds is 7. The van der Waals surface area contributed by atoms with Crippen LogP contribution in [0.1, 0.15) is 0 Å². The molecule has 1 aliphatic heterocycles. The monoisotopic (exact) mass is 452 g/mol. The SMILES string of the molecule is CN1CCN(c2nc3ccccc3n2CCOc2ccccc2)CC1.O=C(O)/C=C/C(=O)O. The molecule has 2 aromatic carbocycles. The lowest BCUT2D eigenvalue weighted by Gasteiger charge is -2.33. The second kappa shape index (κ2) is 11.7. The third-order valence-corrected chi connectivity index (χ3v) is 5.12. The molecule has 2 heterocycles.